The molecule has 0 N–H and O–H groups in total. The Morgan fingerprint density at radius 1 is 0.958 bits per heavy atom. The van der Waals surface area contributed by atoms with Gasteiger partial charge in [0.25, 0.3) is 10.1 Å². The molecule has 1 unspecified atom stereocenters. The number of halogens is 2. The van der Waals surface area contributed by atoms with E-state index in [-0.39, 0.29) is 4.90 Å². The van der Waals surface area contributed by atoms with Gasteiger partial charge in [-0.15, -0.1) is 0 Å². The highest BCUT2D eigenvalue weighted by Crippen LogP contribution is 2.40. The quantitative estimate of drug-likeness (QED) is 0.623. The minimum Gasteiger partial charge on any atom is -0.258 e. The minimum atomic E-state index is -3.92. The Balaban J connectivity index is 2.44. The zero-order valence-electron chi connectivity index (χ0n) is 14.0. The molecule has 0 aliphatic carbocycles. The van der Waals surface area contributed by atoms with Crippen LogP contribution in [0.15, 0.2) is 47.4 Å². The zero-order valence-corrected chi connectivity index (χ0v) is 16.3. The van der Waals surface area contributed by atoms with E-state index in [1.165, 1.54) is 12.1 Å². The summed E-state index contributed by atoms with van der Waals surface area (Å²) in [7, 11) is -3.92. The van der Waals surface area contributed by atoms with Crippen molar-refractivity contribution in [2.24, 2.45) is 5.41 Å². The predicted molar refractivity (Wildman–Crippen MR) is 98.1 cm³/mol. The van der Waals surface area contributed by atoms with Crippen molar-refractivity contribution in [3.05, 3.63) is 63.6 Å². The Hall–Kier alpha value is -1.07. The molecule has 0 aliphatic heterocycles. The van der Waals surface area contributed by atoms with Gasteiger partial charge in [0.2, 0.25) is 0 Å². The van der Waals surface area contributed by atoms with Crippen molar-refractivity contribution < 1.29 is 12.6 Å². The summed E-state index contributed by atoms with van der Waals surface area (Å²) in [4.78, 5) is 0.121. The molecular formula is C18H20Cl2O3S. The number of hydrogen-bond donors (Lipinski definition) is 0. The van der Waals surface area contributed by atoms with Gasteiger partial charge >= 0.3 is 0 Å². The lowest BCUT2D eigenvalue weighted by molar-refractivity contribution is 0.0934. The summed E-state index contributed by atoms with van der Waals surface area (Å²) >= 11 is 12.1. The van der Waals surface area contributed by atoms with Gasteiger partial charge in [0, 0.05) is 10.0 Å². The first kappa shape index (κ1) is 19.3. The molecule has 0 aromatic heterocycles. The molecule has 0 amide bonds. The number of aryl methyl sites for hydroxylation is 1. The molecule has 0 spiro atoms. The van der Waals surface area contributed by atoms with Crippen LogP contribution in [0.5, 0.6) is 0 Å². The van der Waals surface area contributed by atoms with Crippen molar-refractivity contribution in [2.75, 3.05) is 0 Å². The monoisotopic (exact) mass is 386 g/mol. The lowest BCUT2D eigenvalue weighted by Gasteiger charge is -2.30. The van der Waals surface area contributed by atoms with Crippen LogP contribution in [0.2, 0.25) is 10.0 Å². The first-order valence-electron chi connectivity index (χ1n) is 7.45. The second-order valence-corrected chi connectivity index (χ2v) is 9.26. The number of rotatable bonds is 4. The van der Waals surface area contributed by atoms with E-state index in [0.717, 1.165) is 5.56 Å². The summed E-state index contributed by atoms with van der Waals surface area (Å²) in [5.74, 6) is 0. The Morgan fingerprint density at radius 2 is 1.46 bits per heavy atom. The Morgan fingerprint density at radius 3 is 1.92 bits per heavy atom. The summed E-state index contributed by atoms with van der Waals surface area (Å²) in [6.07, 6.45) is -0.722. The van der Waals surface area contributed by atoms with Crippen LogP contribution in [-0.4, -0.2) is 8.42 Å². The molecule has 6 heteroatoms. The van der Waals surface area contributed by atoms with Crippen molar-refractivity contribution in [2.45, 2.75) is 38.7 Å². The molecular weight excluding hydrogens is 367 g/mol. The van der Waals surface area contributed by atoms with E-state index in [0.29, 0.717) is 15.6 Å². The van der Waals surface area contributed by atoms with Crippen molar-refractivity contribution >= 4 is 33.3 Å². The third kappa shape index (κ3) is 4.73. The maximum Gasteiger partial charge on any atom is 0.297 e. The highest BCUT2D eigenvalue weighted by molar-refractivity contribution is 7.86. The molecule has 0 saturated heterocycles. The van der Waals surface area contributed by atoms with Crippen LogP contribution >= 0.6 is 23.2 Å². The smallest absolute Gasteiger partial charge is 0.258 e. The van der Waals surface area contributed by atoms with E-state index in [1.807, 2.05) is 27.7 Å². The molecule has 0 radical (unpaired) electrons. The average molecular weight is 387 g/mol. The van der Waals surface area contributed by atoms with Crippen molar-refractivity contribution in [3.63, 3.8) is 0 Å². The predicted octanol–water partition coefficient (Wildman–Crippen LogP) is 5.79. The molecule has 24 heavy (non-hydrogen) atoms. The fourth-order valence-electron chi connectivity index (χ4n) is 2.31. The molecule has 0 fully saturated rings. The maximum atomic E-state index is 12.7. The van der Waals surface area contributed by atoms with Gasteiger partial charge in [0.05, 0.1) is 4.90 Å². The van der Waals surface area contributed by atoms with E-state index < -0.39 is 21.6 Å². The summed E-state index contributed by atoms with van der Waals surface area (Å²) in [6, 6.07) is 11.5. The third-order valence-corrected chi connectivity index (χ3v) is 5.24. The molecule has 3 nitrogen and oxygen atoms in total. The average Bonchev–Trinajstić information content (AvgIpc) is 2.43. The zero-order chi connectivity index (χ0) is 18.1. The van der Waals surface area contributed by atoms with Gasteiger partial charge < -0.3 is 0 Å². The number of benzene rings is 2. The number of hydrogen-bond acceptors (Lipinski definition) is 3. The third-order valence-electron chi connectivity index (χ3n) is 3.51. The molecule has 2 aromatic rings. The van der Waals surface area contributed by atoms with E-state index in [9.17, 15) is 8.42 Å². The molecule has 0 aliphatic rings. The second-order valence-electron chi connectivity index (χ2n) is 6.81. The first-order chi connectivity index (χ1) is 11.0. The Kier molecular flexibility index (Phi) is 5.65. The molecule has 130 valence electrons. The van der Waals surface area contributed by atoms with E-state index >= 15 is 0 Å². The van der Waals surface area contributed by atoms with E-state index in [2.05, 4.69) is 0 Å². The van der Waals surface area contributed by atoms with Gasteiger partial charge in [-0.2, -0.15) is 8.42 Å². The van der Waals surface area contributed by atoms with E-state index in [4.69, 9.17) is 27.4 Å². The van der Waals surface area contributed by atoms with Gasteiger partial charge in [-0.25, -0.2) is 0 Å². The van der Waals surface area contributed by atoms with Crippen LogP contribution in [0, 0.1) is 12.3 Å². The van der Waals surface area contributed by atoms with Crippen LogP contribution in [0.4, 0.5) is 0 Å². The summed E-state index contributed by atoms with van der Waals surface area (Å²) in [6.45, 7) is 7.59. The molecule has 0 bridgehead atoms. The molecule has 2 rings (SSSR count). The van der Waals surface area contributed by atoms with Crippen LogP contribution in [-0.2, 0) is 14.3 Å². The molecule has 0 saturated carbocycles. The fourth-order valence-corrected chi connectivity index (χ4v) is 4.09. The summed E-state index contributed by atoms with van der Waals surface area (Å²) < 4.78 is 30.9. The lowest BCUT2D eigenvalue weighted by Crippen LogP contribution is -2.24. The topological polar surface area (TPSA) is 43.4 Å². The standard InChI is InChI=1S/C18H20Cl2O3S/c1-12-5-7-16(8-6-12)24(21,22)23-17(18(2,3)4)13-9-14(19)11-15(20)10-13/h5-11,17H,1-4H3. The van der Waals surface area contributed by atoms with Crippen molar-refractivity contribution in [3.8, 4) is 0 Å². The SMILES string of the molecule is Cc1ccc(S(=O)(=O)OC(c2cc(Cl)cc(Cl)c2)C(C)(C)C)cc1. The maximum absolute atomic E-state index is 12.7. The minimum absolute atomic E-state index is 0.121. The molecule has 0 heterocycles. The lowest BCUT2D eigenvalue weighted by atomic mass is 9.85. The van der Waals surface area contributed by atoms with Crippen LogP contribution in [0.1, 0.15) is 38.0 Å². The highest BCUT2D eigenvalue weighted by Gasteiger charge is 2.33. The molecule has 1 atom stereocenters. The normalized spacial score (nSPS) is 13.8. The van der Waals surface area contributed by atoms with Crippen molar-refractivity contribution in [1.29, 1.82) is 0 Å². The highest BCUT2D eigenvalue weighted by atomic mass is 35.5. The summed E-state index contributed by atoms with van der Waals surface area (Å²) in [5, 5.41) is 0.867. The summed E-state index contributed by atoms with van der Waals surface area (Å²) in [5.41, 5.74) is 1.12. The molecule has 2 aromatic carbocycles. The van der Waals surface area contributed by atoms with Gasteiger partial charge in [-0.05, 0) is 48.2 Å². The van der Waals surface area contributed by atoms with Crippen LogP contribution in [0.3, 0.4) is 0 Å². The van der Waals surface area contributed by atoms with E-state index in [1.54, 1.807) is 30.3 Å². The van der Waals surface area contributed by atoms with Crippen molar-refractivity contribution in [1.82, 2.24) is 0 Å². The fraction of sp³-hybridized carbons (Fsp3) is 0.333. The van der Waals surface area contributed by atoms with Crippen LogP contribution in [0.25, 0.3) is 0 Å². The second kappa shape index (κ2) is 7.04. The van der Waals surface area contributed by atoms with Crippen LogP contribution < -0.4 is 0 Å². The largest absolute Gasteiger partial charge is 0.297 e. The van der Waals surface area contributed by atoms with Gasteiger partial charge in [0.1, 0.15) is 6.10 Å². The Labute approximate surface area is 153 Å². The first-order valence-corrected chi connectivity index (χ1v) is 9.61. The van der Waals surface area contributed by atoms with Gasteiger partial charge in [0.15, 0.2) is 0 Å². The van der Waals surface area contributed by atoms with Gasteiger partial charge in [-0.1, -0.05) is 61.7 Å². The Bertz CT molecular complexity index is 802. The van der Waals surface area contributed by atoms with Gasteiger partial charge in [-0.3, -0.25) is 4.18 Å².